The van der Waals surface area contributed by atoms with E-state index >= 15 is 0 Å². The van der Waals surface area contributed by atoms with Crippen molar-refractivity contribution in [2.45, 2.75) is 37.4 Å². The first-order valence-electron chi connectivity index (χ1n) is 4.87. The molecular formula is C12H14Cl2. The highest BCUT2D eigenvalue weighted by atomic mass is 35.5. The van der Waals surface area contributed by atoms with Gasteiger partial charge in [-0.25, -0.2) is 0 Å². The third kappa shape index (κ3) is 1.66. The Kier molecular flexibility index (Phi) is 2.32. The maximum atomic E-state index is 6.09. The summed E-state index contributed by atoms with van der Waals surface area (Å²) in [6.07, 6.45) is 0.890. The molecule has 0 heterocycles. The Hall–Kier alpha value is -0.200. The van der Waals surface area contributed by atoms with Crippen LogP contribution in [-0.4, -0.2) is 4.33 Å². The van der Waals surface area contributed by atoms with E-state index in [9.17, 15) is 0 Å². The van der Waals surface area contributed by atoms with E-state index in [2.05, 4.69) is 32.9 Å². The molecular weight excluding hydrogens is 215 g/mol. The molecule has 0 nitrogen and oxygen atoms in total. The van der Waals surface area contributed by atoms with E-state index in [0.29, 0.717) is 5.92 Å². The quantitative estimate of drug-likeness (QED) is 0.630. The van der Waals surface area contributed by atoms with Crippen LogP contribution in [0.2, 0.25) is 0 Å². The van der Waals surface area contributed by atoms with Crippen molar-refractivity contribution < 1.29 is 0 Å². The third-order valence-electron chi connectivity index (χ3n) is 2.91. The monoisotopic (exact) mass is 228 g/mol. The van der Waals surface area contributed by atoms with Crippen molar-refractivity contribution in [1.29, 1.82) is 0 Å². The summed E-state index contributed by atoms with van der Waals surface area (Å²) in [5.41, 5.74) is 5.28. The normalized spacial score (nSPS) is 23.6. The Labute approximate surface area is 95.2 Å². The van der Waals surface area contributed by atoms with E-state index in [-0.39, 0.29) is 0 Å². The predicted octanol–water partition coefficient (Wildman–Crippen LogP) is 4.27. The highest BCUT2D eigenvalue weighted by Crippen LogP contribution is 2.60. The third-order valence-corrected chi connectivity index (χ3v) is 3.75. The van der Waals surface area contributed by atoms with E-state index in [0.717, 1.165) is 6.42 Å². The first-order chi connectivity index (χ1) is 6.42. The Morgan fingerprint density at radius 3 is 1.93 bits per heavy atom. The largest absolute Gasteiger partial charge is 0.125 e. The Bertz CT molecular complexity index is 357. The number of hydrogen-bond acceptors (Lipinski definition) is 0. The van der Waals surface area contributed by atoms with Crippen molar-refractivity contribution in [2.24, 2.45) is 0 Å². The lowest BCUT2D eigenvalue weighted by Crippen LogP contribution is -1.97. The number of rotatable bonds is 1. The first kappa shape index (κ1) is 10.3. The minimum absolute atomic E-state index is 0.339. The molecule has 14 heavy (non-hydrogen) atoms. The Balaban J connectivity index is 2.44. The van der Waals surface area contributed by atoms with Gasteiger partial charge in [0.15, 0.2) is 0 Å². The maximum absolute atomic E-state index is 6.09. The van der Waals surface area contributed by atoms with E-state index in [1.54, 1.807) is 0 Å². The summed E-state index contributed by atoms with van der Waals surface area (Å²) in [7, 11) is 0. The number of hydrogen-bond donors (Lipinski definition) is 0. The van der Waals surface area contributed by atoms with Crippen molar-refractivity contribution in [3.8, 4) is 0 Å². The van der Waals surface area contributed by atoms with Crippen LogP contribution in [0, 0.1) is 20.8 Å². The van der Waals surface area contributed by atoms with Crippen LogP contribution in [0.5, 0.6) is 0 Å². The molecule has 2 rings (SSSR count). The van der Waals surface area contributed by atoms with Gasteiger partial charge in [0.05, 0.1) is 0 Å². The van der Waals surface area contributed by atoms with Crippen LogP contribution < -0.4 is 0 Å². The average Bonchev–Trinajstić information content (AvgIpc) is 2.56. The second-order valence-electron chi connectivity index (χ2n) is 4.33. The summed E-state index contributed by atoms with van der Waals surface area (Å²) >= 11 is 12.2. The van der Waals surface area contributed by atoms with Gasteiger partial charge in [-0.3, -0.25) is 0 Å². The van der Waals surface area contributed by atoms with Crippen molar-refractivity contribution in [3.63, 3.8) is 0 Å². The van der Waals surface area contributed by atoms with Gasteiger partial charge in [0, 0.05) is 5.92 Å². The van der Waals surface area contributed by atoms with E-state index in [1.807, 2.05) is 0 Å². The average molecular weight is 229 g/mol. The molecule has 0 radical (unpaired) electrons. The van der Waals surface area contributed by atoms with Gasteiger partial charge in [-0.05, 0) is 43.9 Å². The van der Waals surface area contributed by atoms with Gasteiger partial charge in [-0.2, -0.15) is 0 Å². The highest BCUT2D eigenvalue weighted by molar-refractivity contribution is 6.51. The van der Waals surface area contributed by atoms with Gasteiger partial charge in [-0.1, -0.05) is 17.7 Å². The van der Waals surface area contributed by atoms with Gasteiger partial charge in [-0.15, -0.1) is 23.2 Å². The molecule has 1 aromatic rings. The van der Waals surface area contributed by atoms with Gasteiger partial charge in [0.1, 0.15) is 4.33 Å². The van der Waals surface area contributed by atoms with Crippen molar-refractivity contribution in [3.05, 3.63) is 34.4 Å². The van der Waals surface area contributed by atoms with E-state index < -0.39 is 4.33 Å². The van der Waals surface area contributed by atoms with Gasteiger partial charge < -0.3 is 0 Å². The van der Waals surface area contributed by atoms with Crippen LogP contribution in [-0.2, 0) is 0 Å². The van der Waals surface area contributed by atoms with Gasteiger partial charge in [0.2, 0.25) is 0 Å². The highest BCUT2D eigenvalue weighted by Gasteiger charge is 2.53. The lowest BCUT2D eigenvalue weighted by Gasteiger charge is -2.11. The minimum atomic E-state index is -0.509. The van der Waals surface area contributed by atoms with Gasteiger partial charge in [0.25, 0.3) is 0 Å². The second-order valence-corrected chi connectivity index (χ2v) is 5.87. The molecule has 0 aromatic heterocycles. The number of alkyl halides is 2. The van der Waals surface area contributed by atoms with E-state index in [1.165, 1.54) is 22.3 Å². The Morgan fingerprint density at radius 2 is 1.57 bits per heavy atom. The fourth-order valence-corrected chi connectivity index (χ4v) is 2.79. The maximum Gasteiger partial charge on any atom is 0.125 e. The number of benzene rings is 1. The molecule has 2 heteroatoms. The minimum Gasteiger partial charge on any atom is -0.101 e. The zero-order chi connectivity index (χ0) is 10.5. The predicted molar refractivity (Wildman–Crippen MR) is 62.4 cm³/mol. The van der Waals surface area contributed by atoms with Crippen molar-refractivity contribution in [2.75, 3.05) is 0 Å². The fourth-order valence-electron chi connectivity index (χ4n) is 2.27. The molecule has 76 valence electrons. The van der Waals surface area contributed by atoms with Crippen LogP contribution >= 0.6 is 23.2 Å². The van der Waals surface area contributed by atoms with Crippen LogP contribution in [0.1, 0.15) is 34.6 Å². The molecule has 0 aliphatic heterocycles. The van der Waals surface area contributed by atoms with Crippen molar-refractivity contribution >= 4 is 23.2 Å². The molecule has 1 aliphatic carbocycles. The lowest BCUT2D eigenvalue weighted by molar-refractivity contribution is 1.05. The first-order valence-corrected chi connectivity index (χ1v) is 5.63. The number of aryl methyl sites for hydroxylation is 3. The standard InChI is InChI=1S/C12H14Cl2/c1-7-4-8(2)11(9(3)5-7)10-6-12(10,13)14/h4-5,10H,6H2,1-3H3. The summed E-state index contributed by atoms with van der Waals surface area (Å²) in [6, 6.07) is 4.40. The molecule has 0 N–H and O–H groups in total. The van der Waals surface area contributed by atoms with Crippen LogP contribution in [0.15, 0.2) is 12.1 Å². The molecule has 0 amide bonds. The molecule has 1 aromatic carbocycles. The molecule has 0 bridgehead atoms. The smallest absolute Gasteiger partial charge is 0.101 e. The summed E-state index contributed by atoms with van der Waals surface area (Å²) in [4.78, 5) is 0. The lowest BCUT2D eigenvalue weighted by atomic mass is 9.96. The molecule has 1 fully saturated rings. The fraction of sp³-hybridized carbons (Fsp3) is 0.500. The van der Waals surface area contributed by atoms with Crippen LogP contribution in [0.3, 0.4) is 0 Å². The van der Waals surface area contributed by atoms with E-state index in [4.69, 9.17) is 23.2 Å². The zero-order valence-electron chi connectivity index (χ0n) is 8.70. The topological polar surface area (TPSA) is 0 Å². The molecule has 1 unspecified atom stereocenters. The van der Waals surface area contributed by atoms with Gasteiger partial charge >= 0.3 is 0 Å². The summed E-state index contributed by atoms with van der Waals surface area (Å²) in [6.45, 7) is 6.39. The van der Waals surface area contributed by atoms with Crippen LogP contribution in [0.4, 0.5) is 0 Å². The second kappa shape index (κ2) is 3.15. The zero-order valence-corrected chi connectivity index (χ0v) is 10.2. The summed E-state index contributed by atoms with van der Waals surface area (Å²) in [5, 5.41) is 0. The molecule has 0 saturated heterocycles. The SMILES string of the molecule is Cc1cc(C)c(C2CC2(Cl)Cl)c(C)c1. The molecule has 1 aliphatic rings. The molecule has 0 spiro atoms. The van der Waals surface area contributed by atoms with Crippen LogP contribution in [0.25, 0.3) is 0 Å². The molecule has 1 saturated carbocycles. The summed E-state index contributed by atoms with van der Waals surface area (Å²) in [5.74, 6) is 0.339. The Morgan fingerprint density at radius 1 is 1.14 bits per heavy atom. The number of halogens is 2. The van der Waals surface area contributed by atoms with Crippen molar-refractivity contribution in [1.82, 2.24) is 0 Å². The summed E-state index contributed by atoms with van der Waals surface area (Å²) < 4.78 is -0.509. The molecule has 1 atom stereocenters.